The Balaban J connectivity index is 1.76. The minimum absolute atomic E-state index is 0.237. The summed E-state index contributed by atoms with van der Waals surface area (Å²) in [7, 11) is 0. The van der Waals surface area contributed by atoms with Crippen molar-refractivity contribution < 1.29 is 5.11 Å². The highest BCUT2D eigenvalue weighted by Crippen LogP contribution is 2.26. The van der Waals surface area contributed by atoms with E-state index < -0.39 is 0 Å². The molecule has 4 heteroatoms. The number of unbranched alkanes of at least 4 members (excludes halogenated alkanes) is 2. The van der Waals surface area contributed by atoms with Crippen molar-refractivity contribution in [1.29, 1.82) is 0 Å². The zero-order valence-corrected chi connectivity index (χ0v) is 15.2. The van der Waals surface area contributed by atoms with Gasteiger partial charge in [-0.05, 0) is 42.2 Å². The van der Waals surface area contributed by atoms with Gasteiger partial charge in [-0.2, -0.15) is 0 Å². The normalized spacial score (nSPS) is 12.6. The lowest BCUT2D eigenvalue weighted by molar-refractivity contribution is 0.438. The van der Waals surface area contributed by atoms with Crippen LogP contribution < -0.4 is 0 Å². The maximum Gasteiger partial charge on any atom is 0.143 e. The summed E-state index contributed by atoms with van der Waals surface area (Å²) in [5.41, 5.74) is 3.46. The molecule has 1 aromatic heterocycles. The molecule has 1 N–H and O–H groups in total. The summed E-state index contributed by atoms with van der Waals surface area (Å²) in [4.78, 5) is 1.52. The van der Waals surface area contributed by atoms with E-state index in [1.165, 1.54) is 42.5 Å². The van der Waals surface area contributed by atoms with E-state index in [9.17, 15) is 5.11 Å². The summed E-state index contributed by atoms with van der Waals surface area (Å²) < 4.78 is 0. The van der Waals surface area contributed by atoms with E-state index >= 15 is 0 Å². The molecule has 0 radical (unpaired) electrons. The molecular formula is C21H27N3O. The van der Waals surface area contributed by atoms with Crippen LogP contribution in [-0.2, 0) is 6.42 Å². The Hall–Kier alpha value is -2.36. The van der Waals surface area contributed by atoms with E-state index in [0.29, 0.717) is 11.6 Å². The summed E-state index contributed by atoms with van der Waals surface area (Å²) >= 11 is 0. The van der Waals surface area contributed by atoms with Crippen LogP contribution in [0.25, 0.3) is 16.7 Å². The zero-order valence-electron chi connectivity index (χ0n) is 15.2. The number of rotatable bonds is 8. The second-order valence-corrected chi connectivity index (χ2v) is 6.78. The van der Waals surface area contributed by atoms with Gasteiger partial charge in [0.25, 0.3) is 0 Å². The number of phenolic OH excluding ortho intramolecular Hbond substituents is 1. The molecule has 0 fully saturated rings. The van der Waals surface area contributed by atoms with E-state index in [-0.39, 0.29) is 5.75 Å². The summed E-state index contributed by atoms with van der Waals surface area (Å²) in [5.74, 6) is 0.920. The molecule has 0 spiro atoms. The molecule has 132 valence electrons. The van der Waals surface area contributed by atoms with Gasteiger partial charge in [-0.25, -0.2) is 0 Å². The molecule has 1 heterocycles. The molecule has 0 aliphatic carbocycles. The van der Waals surface area contributed by atoms with Crippen LogP contribution in [0.2, 0.25) is 0 Å². The average molecular weight is 337 g/mol. The first kappa shape index (κ1) is 17.5. The van der Waals surface area contributed by atoms with Crippen LogP contribution in [0.1, 0.15) is 51.5 Å². The first-order valence-electron chi connectivity index (χ1n) is 9.35. The van der Waals surface area contributed by atoms with E-state index in [4.69, 9.17) is 0 Å². The number of hydrogen-bond acceptors (Lipinski definition) is 3. The SMILES string of the molecule is CCCCCC(CC)Cc1ccc(-n2nc3ccccc3n2)c(O)c1. The van der Waals surface area contributed by atoms with Crippen molar-refractivity contribution in [2.24, 2.45) is 5.92 Å². The van der Waals surface area contributed by atoms with Gasteiger partial charge in [0.2, 0.25) is 0 Å². The molecule has 0 aliphatic rings. The second kappa shape index (κ2) is 8.15. The smallest absolute Gasteiger partial charge is 0.143 e. The fourth-order valence-electron chi connectivity index (χ4n) is 3.30. The van der Waals surface area contributed by atoms with Crippen LogP contribution in [0.4, 0.5) is 0 Å². The Kier molecular flexibility index (Phi) is 5.69. The van der Waals surface area contributed by atoms with Crippen molar-refractivity contribution in [3.05, 3.63) is 48.0 Å². The molecular weight excluding hydrogens is 310 g/mol. The Morgan fingerprint density at radius 1 is 1.00 bits per heavy atom. The number of benzene rings is 2. The molecule has 1 unspecified atom stereocenters. The van der Waals surface area contributed by atoms with Gasteiger partial charge in [-0.15, -0.1) is 15.0 Å². The van der Waals surface area contributed by atoms with Gasteiger partial charge < -0.3 is 5.11 Å². The van der Waals surface area contributed by atoms with Crippen LogP contribution >= 0.6 is 0 Å². The molecule has 0 aliphatic heterocycles. The summed E-state index contributed by atoms with van der Waals surface area (Å²) in [6.45, 7) is 4.49. The third kappa shape index (κ3) is 4.19. The minimum atomic E-state index is 0.237. The molecule has 0 bridgehead atoms. The molecule has 0 saturated carbocycles. The topological polar surface area (TPSA) is 50.9 Å². The lowest BCUT2D eigenvalue weighted by Crippen LogP contribution is -2.05. The van der Waals surface area contributed by atoms with Gasteiger partial charge >= 0.3 is 0 Å². The number of hydrogen-bond donors (Lipinski definition) is 1. The molecule has 2 aromatic carbocycles. The average Bonchev–Trinajstić information content (AvgIpc) is 3.05. The molecule has 3 rings (SSSR count). The fraction of sp³-hybridized carbons (Fsp3) is 0.429. The maximum atomic E-state index is 10.5. The Bertz CT molecular complexity index is 792. The van der Waals surface area contributed by atoms with E-state index in [1.807, 2.05) is 36.4 Å². The molecule has 25 heavy (non-hydrogen) atoms. The minimum Gasteiger partial charge on any atom is -0.506 e. The summed E-state index contributed by atoms with van der Waals surface area (Å²) in [6, 6.07) is 13.6. The molecule has 1 atom stereocenters. The zero-order chi connectivity index (χ0) is 17.6. The van der Waals surface area contributed by atoms with Gasteiger partial charge in [0.1, 0.15) is 22.5 Å². The molecule has 3 aromatic rings. The summed E-state index contributed by atoms with van der Waals surface area (Å²) in [5, 5.41) is 19.4. The first-order valence-corrected chi connectivity index (χ1v) is 9.35. The van der Waals surface area contributed by atoms with Gasteiger partial charge in [0, 0.05) is 0 Å². The van der Waals surface area contributed by atoms with Crippen molar-refractivity contribution in [2.75, 3.05) is 0 Å². The monoisotopic (exact) mass is 337 g/mol. The highest BCUT2D eigenvalue weighted by atomic mass is 16.3. The Labute approximate surface area is 149 Å². The number of phenols is 1. The van der Waals surface area contributed by atoms with Gasteiger partial charge in [-0.3, -0.25) is 0 Å². The molecule has 4 nitrogen and oxygen atoms in total. The number of fused-ring (bicyclic) bond motifs is 1. The van der Waals surface area contributed by atoms with E-state index in [2.05, 4.69) is 30.1 Å². The highest BCUT2D eigenvalue weighted by Gasteiger charge is 2.12. The quantitative estimate of drug-likeness (QED) is 0.569. The fourth-order valence-corrected chi connectivity index (χ4v) is 3.30. The third-order valence-corrected chi connectivity index (χ3v) is 4.86. The van der Waals surface area contributed by atoms with Crippen LogP contribution in [0.5, 0.6) is 5.75 Å². The van der Waals surface area contributed by atoms with Crippen LogP contribution in [-0.4, -0.2) is 20.1 Å². The van der Waals surface area contributed by atoms with E-state index in [1.54, 1.807) is 0 Å². The third-order valence-electron chi connectivity index (χ3n) is 4.86. The van der Waals surface area contributed by atoms with Crippen molar-refractivity contribution >= 4 is 11.0 Å². The van der Waals surface area contributed by atoms with Gasteiger partial charge in [0.05, 0.1) is 0 Å². The van der Waals surface area contributed by atoms with Crippen molar-refractivity contribution in [3.63, 3.8) is 0 Å². The predicted octanol–water partition coefficient (Wildman–Crippen LogP) is 5.28. The number of aromatic nitrogens is 3. The Morgan fingerprint density at radius 3 is 2.32 bits per heavy atom. The largest absolute Gasteiger partial charge is 0.506 e. The second-order valence-electron chi connectivity index (χ2n) is 6.78. The Morgan fingerprint density at radius 2 is 1.72 bits per heavy atom. The predicted molar refractivity (Wildman–Crippen MR) is 102 cm³/mol. The highest BCUT2D eigenvalue weighted by molar-refractivity contribution is 5.73. The van der Waals surface area contributed by atoms with Crippen molar-refractivity contribution in [2.45, 2.75) is 52.4 Å². The lowest BCUT2D eigenvalue weighted by Gasteiger charge is -2.15. The van der Waals surface area contributed by atoms with Crippen LogP contribution in [0.3, 0.4) is 0 Å². The van der Waals surface area contributed by atoms with Crippen LogP contribution in [0, 0.1) is 5.92 Å². The maximum absolute atomic E-state index is 10.5. The summed E-state index contributed by atoms with van der Waals surface area (Å²) in [6.07, 6.45) is 7.32. The van der Waals surface area contributed by atoms with Crippen LogP contribution in [0.15, 0.2) is 42.5 Å². The standard InChI is InChI=1S/C21H27N3O/c1-3-5-6-9-16(4-2)14-17-12-13-20(21(25)15-17)24-22-18-10-7-8-11-19(18)23-24/h7-8,10-13,15-16,25H,3-6,9,14H2,1-2H3. The number of aromatic hydroxyl groups is 1. The van der Waals surface area contributed by atoms with Gasteiger partial charge in [-0.1, -0.05) is 64.2 Å². The van der Waals surface area contributed by atoms with Gasteiger partial charge in [0.15, 0.2) is 0 Å². The van der Waals surface area contributed by atoms with Crippen molar-refractivity contribution in [1.82, 2.24) is 15.0 Å². The first-order chi connectivity index (χ1) is 12.2. The van der Waals surface area contributed by atoms with Crippen molar-refractivity contribution in [3.8, 4) is 11.4 Å². The molecule has 0 saturated heterocycles. The molecule has 0 amide bonds. The van der Waals surface area contributed by atoms with E-state index in [0.717, 1.165) is 17.5 Å². The number of nitrogens with zero attached hydrogens (tertiary/aromatic N) is 3. The lowest BCUT2D eigenvalue weighted by atomic mass is 9.91.